The van der Waals surface area contributed by atoms with E-state index < -0.39 is 17.7 Å². The molecule has 110 valence electrons. The van der Waals surface area contributed by atoms with Gasteiger partial charge < -0.3 is 9.94 Å². The predicted octanol–water partition coefficient (Wildman–Crippen LogP) is 3.12. The van der Waals surface area contributed by atoms with Crippen molar-refractivity contribution in [3.05, 3.63) is 35.4 Å². The summed E-state index contributed by atoms with van der Waals surface area (Å²) in [5.74, 6) is -1.18. The molecule has 1 aromatic carbocycles. The van der Waals surface area contributed by atoms with Crippen molar-refractivity contribution in [2.75, 3.05) is 6.61 Å². The van der Waals surface area contributed by atoms with Crippen LogP contribution in [0.25, 0.3) is 0 Å². The molecule has 0 bridgehead atoms. The average Bonchev–Trinajstić information content (AvgIpc) is 2.37. The number of hydrogen-bond acceptors (Lipinski definition) is 3. The Morgan fingerprint density at radius 2 is 2.10 bits per heavy atom. The zero-order valence-electron chi connectivity index (χ0n) is 10.8. The van der Waals surface area contributed by atoms with Gasteiger partial charge in [0.25, 0.3) is 0 Å². The van der Waals surface area contributed by atoms with Gasteiger partial charge in [-0.15, -0.1) is 0 Å². The summed E-state index contributed by atoms with van der Waals surface area (Å²) in [5, 5.41) is 11.9. The molecule has 0 heterocycles. The number of aliphatic carboxylic acids is 1. The minimum Gasteiger partial charge on any atom is -0.477 e. The van der Waals surface area contributed by atoms with Crippen molar-refractivity contribution >= 4 is 11.7 Å². The van der Waals surface area contributed by atoms with Gasteiger partial charge in [-0.2, -0.15) is 13.2 Å². The average molecular weight is 289 g/mol. The maximum atomic E-state index is 12.5. The van der Waals surface area contributed by atoms with Crippen LogP contribution in [0, 0.1) is 0 Å². The zero-order chi connectivity index (χ0) is 15.2. The third kappa shape index (κ3) is 5.29. The maximum Gasteiger partial charge on any atom is 0.416 e. The molecule has 4 nitrogen and oxygen atoms in total. The SMILES string of the molecule is CC(=NOCCCc1cccc(C(F)(F)F)c1)C(=O)O. The van der Waals surface area contributed by atoms with E-state index in [2.05, 4.69) is 5.16 Å². The van der Waals surface area contributed by atoms with Gasteiger partial charge in [0.1, 0.15) is 6.61 Å². The largest absolute Gasteiger partial charge is 0.477 e. The summed E-state index contributed by atoms with van der Waals surface area (Å²) in [6, 6.07) is 5.05. The highest BCUT2D eigenvalue weighted by Crippen LogP contribution is 2.29. The first-order chi connectivity index (χ1) is 9.30. The summed E-state index contributed by atoms with van der Waals surface area (Å²) in [6.45, 7) is 1.43. The topological polar surface area (TPSA) is 58.9 Å². The van der Waals surface area contributed by atoms with Gasteiger partial charge in [-0.1, -0.05) is 23.4 Å². The Hall–Kier alpha value is -2.05. The number of nitrogens with zero attached hydrogens (tertiary/aromatic N) is 1. The number of carboxylic acid groups (broad SMARTS) is 1. The first kappa shape index (κ1) is 16.0. The molecular weight excluding hydrogens is 275 g/mol. The van der Waals surface area contributed by atoms with E-state index in [9.17, 15) is 18.0 Å². The molecule has 0 saturated carbocycles. The molecule has 1 aromatic rings. The summed E-state index contributed by atoms with van der Waals surface area (Å²) < 4.78 is 37.4. The molecule has 1 N–H and O–H groups in total. The number of carboxylic acids is 1. The van der Waals surface area contributed by atoms with Gasteiger partial charge in [0.05, 0.1) is 5.56 Å². The van der Waals surface area contributed by atoms with E-state index in [-0.39, 0.29) is 12.3 Å². The van der Waals surface area contributed by atoms with E-state index in [0.717, 1.165) is 12.1 Å². The summed E-state index contributed by atoms with van der Waals surface area (Å²) in [7, 11) is 0. The summed E-state index contributed by atoms with van der Waals surface area (Å²) >= 11 is 0. The molecule has 20 heavy (non-hydrogen) atoms. The molecule has 0 amide bonds. The van der Waals surface area contributed by atoms with Crippen LogP contribution >= 0.6 is 0 Å². The lowest BCUT2D eigenvalue weighted by Crippen LogP contribution is -2.09. The molecule has 0 aliphatic heterocycles. The van der Waals surface area contributed by atoms with Crippen LogP contribution in [0.5, 0.6) is 0 Å². The summed E-state index contributed by atoms with van der Waals surface area (Å²) in [4.78, 5) is 15.2. The molecule has 0 aliphatic carbocycles. The van der Waals surface area contributed by atoms with Gasteiger partial charge >= 0.3 is 12.1 Å². The van der Waals surface area contributed by atoms with Gasteiger partial charge in [-0.3, -0.25) is 0 Å². The minimum atomic E-state index is -4.35. The monoisotopic (exact) mass is 289 g/mol. The fourth-order valence-corrected chi connectivity index (χ4v) is 1.43. The molecule has 0 saturated heterocycles. The Labute approximate surface area is 113 Å². The van der Waals surface area contributed by atoms with E-state index in [4.69, 9.17) is 9.94 Å². The lowest BCUT2D eigenvalue weighted by Gasteiger charge is -2.08. The van der Waals surface area contributed by atoms with Crippen LogP contribution in [-0.4, -0.2) is 23.4 Å². The molecular formula is C13H14F3NO3. The first-order valence-electron chi connectivity index (χ1n) is 5.86. The quantitative estimate of drug-likeness (QED) is 0.497. The Bertz CT molecular complexity index is 498. The Morgan fingerprint density at radius 1 is 1.40 bits per heavy atom. The summed E-state index contributed by atoms with van der Waals surface area (Å²) in [6.07, 6.45) is -3.52. The van der Waals surface area contributed by atoms with Crippen molar-refractivity contribution < 1.29 is 27.9 Å². The van der Waals surface area contributed by atoms with E-state index in [1.807, 2.05) is 0 Å². The van der Waals surface area contributed by atoms with Crippen LogP contribution in [0.2, 0.25) is 0 Å². The fourth-order valence-electron chi connectivity index (χ4n) is 1.43. The highest BCUT2D eigenvalue weighted by Gasteiger charge is 2.30. The highest BCUT2D eigenvalue weighted by atomic mass is 19.4. The molecule has 7 heteroatoms. The number of hydrogen-bond donors (Lipinski definition) is 1. The van der Waals surface area contributed by atoms with Crippen molar-refractivity contribution in [3.8, 4) is 0 Å². The van der Waals surface area contributed by atoms with Crippen LogP contribution in [-0.2, 0) is 22.2 Å². The van der Waals surface area contributed by atoms with Crippen LogP contribution in [0.1, 0.15) is 24.5 Å². The van der Waals surface area contributed by atoms with Gasteiger partial charge in [-0.05, 0) is 31.4 Å². The van der Waals surface area contributed by atoms with Crippen LogP contribution in [0.4, 0.5) is 13.2 Å². The Morgan fingerprint density at radius 3 is 2.70 bits per heavy atom. The van der Waals surface area contributed by atoms with Gasteiger partial charge in [0.2, 0.25) is 0 Å². The lowest BCUT2D eigenvalue weighted by atomic mass is 10.1. The second-order valence-corrected chi connectivity index (χ2v) is 4.12. The first-order valence-corrected chi connectivity index (χ1v) is 5.86. The molecule has 0 unspecified atom stereocenters. The molecule has 0 radical (unpaired) electrons. The third-order valence-electron chi connectivity index (χ3n) is 2.47. The molecule has 1 rings (SSSR count). The lowest BCUT2D eigenvalue weighted by molar-refractivity contribution is -0.137. The standard InChI is InChI=1S/C13H14F3NO3/c1-9(12(18)19)17-20-7-3-5-10-4-2-6-11(8-10)13(14,15)16/h2,4,6,8H,3,5,7H2,1H3,(H,18,19). The maximum absolute atomic E-state index is 12.5. The number of alkyl halides is 3. The molecule has 0 aliphatic rings. The number of carbonyl (C=O) groups is 1. The predicted molar refractivity (Wildman–Crippen MR) is 66.5 cm³/mol. The van der Waals surface area contributed by atoms with Gasteiger partial charge in [0, 0.05) is 0 Å². The fraction of sp³-hybridized carbons (Fsp3) is 0.385. The molecule has 0 spiro atoms. The smallest absolute Gasteiger partial charge is 0.416 e. The van der Waals surface area contributed by atoms with Gasteiger partial charge in [0.15, 0.2) is 5.71 Å². The third-order valence-corrected chi connectivity index (χ3v) is 2.47. The molecule has 0 fully saturated rings. The Kier molecular flexibility index (Phi) is 5.54. The van der Waals surface area contributed by atoms with Crippen molar-refractivity contribution in [1.29, 1.82) is 0 Å². The zero-order valence-corrected chi connectivity index (χ0v) is 10.8. The summed E-state index contributed by atoms with van der Waals surface area (Å²) in [5.41, 5.74) is -0.318. The van der Waals surface area contributed by atoms with E-state index in [1.54, 1.807) is 6.07 Å². The number of aryl methyl sites for hydroxylation is 1. The van der Waals surface area contributed by atoms with Crippen molar-refractivity contribution in [1.82, 2.24) is 0 Å². The van der Waals surface area contributed by atoms with Crippen LogP contribution in [0.15, 0.2) is 29.4 Å². The second kappa shape index (κ2) is 6.93. The van der Waals surface area contributed by atoms with E-state index >= 15 is 0 Å². The minimum absolute atomic E-state index is 0.140. The normalized spacial score (nSPS) is 12.3. The second-order valence-electron chi connectivity index (χ2n) is 4.12. The number of rotatable bonds is 6. The number of halogens is 3. The number of oxime groups is 1. The van der Waals surface area contributed by atoms with E-state index in [1.165, 1.54) is 13.0 Å². The van der Waals surface area contributed by atoms with Crippen LogP contribution in [0.3, 0.4) is 0 Å². The van der Waals surface area contributed by atoms with Crippen LogP contribution < -0.4 is 0 Å². The van der Waals surface area contributed by atoms with Crippen molar-refractivity contribution in [3.63, 3.8) is 0 Å². The van der Waals surface area contributed by atoms with E-state index in [0.29, 0.717) is 18.4 Å². The highest BCUT2D eigenvalue weighted by molar-refractivity contribution is 6.34. The van der Waals surface area contributed by atoms with Gasteiger partial charge in [-0.25, -0.2) is 4.79 Å². The van der Waals surface area contributed by atoms with Crippen molar-refractivity contribution in [2.45, 2.75) is 25.9 Å². The molecule has 0 aromatic heterocycles. The molecule has 0 atom stereocenters. The Balaban J connectivity index is 2.43. The van der Waals surface area contributed by atoms with Crippen molar-refractivity contribution in [2.24, 2.45) is 5.16 Å². The number of benzene rings is 1.